The highest BCUT2D eigenvalue weighted by Gasteiger charge is 2.17. The molecule has 0 saturated carbocycles. The first-order valence-corrected chi connectivity index (χ1v) is 4.95. The lowest BCUT2D eigenvalue weighted by atomic mass is 10.1. The van der Waals surface area contributed by atoms with Crippen molar-refractivity contribution in [3.63, 3.8) is 0 Å². The average molecular weight is 239 g/mol. The van der Waals surface area contributed by atoms with Crippen molar-refractivity contribution in [2.24, 2.45) is 0 Å². The van der Waals surface area contributed by atoms with Gasteiger partial charge >= 0.3 is 11.9 Å². The molecule has 17 heavy (non-hydrogen) atoms. The van der Waals surface area contributed by atoms with Crippen LogP contribution in [-0.2, 0) is 16.0 Å². The average Bonchev–Trinajstić information content (AvgIpc) is 2.30. The van der Waals surface area contributed by atoms with E-state index in [1.165, 1.54) is 12.1 Å². The molecule has 6 nitrogen and oxygen atoms in total. The zero-order chi connectivity index (χ0) is 12.8. The van der Waals surface area contributed by atoms with Gasteiger partial charge in [-0.3, -0.25) is 4.79 Å². The molecule has 1 amide bonds. The molecule has 0 aliphatic carbocycles. The molecule has 0 unspecified atom stereocenters. The van der Waals surface area contributed by atoms with E-state index in [4.69, 9.17) is 15.3 Å². The van der Waals surface area contributed by atoms with Crippen LogP contribution in [0, 0.1) is 0 Å². The number of carbonyl (C=O) groups is 2. The standard InChI is InChI=1S/C11H13NO5/c13-6-8(12-10(15)11(16)17)5-7-1-3-9(14)4-2-7/h1-4,8,13-14H,5-6H2,(H,12,15)(H,16,17)/t8-/m0/s1. The number of rotatable bonds is 4. The number of hydrogen-bond acceptors (Lipinski definition) is 4. The summed E-state index contributed by atoms with van der Waals surface area (Å²) in [5.41, 5.74) is 0.771. The highest BCUT2D eigenvalue weighted by atomic mass is 16.4. The van der Waals surface area contributed by atoms with Gasteiger partial charge in [-0.2, -0.15) is 0 Å². The van der Waals surface area contributed by atoms with Crippen LogP contribution in [-0.4, -0.2) is 39.8 Å². The summed E-state index contributed by atoms with van der Waals surface area (Å²) in [6.07, 6.45) is 0.287. The van der Waals surface area contributed by atoms with E-state index >= 15 is 0 Å². The summed E-state index contributed by atoms with van der Waals surface area (Å²) in [5, 5.41) is 28.7. The zero-order valence-corrected chi connectivity index (χ0v) is 8.96. The van der Waals surface area contributed by atoms with Crippen molar-refractivity contribution in [1.29, 1.82) is 0 Å². The first-order chi connectivity index (χ1) is 8.02. The van der Waals surface area contributed by atoms with E-state index in [0.717, 1.165) is 5.56 Å². The Hall–Kier alpha value is -2.08. The van der Waals surface area contributed by atoms with Crippen LogP contribution >= 0.6 is 0 Å². The number of aliphatic hydroxyl groups excluding tert-OH is 1. The number of carbonyl (C=O) groups excluding carboxylic acids is 1. The van der Waals surface area contributed by atoms with Crippen LogP contribution in [0.4, 0.5) is 0 Å². The van der Waals surface area contributed by atoms with E-state index in [9.17, 15) is 9.59 Å². The minimum atomic E-state index is -1.59. The van der Waals surface area contributed by atoms with Crippen LogP contribution < -0.4 is 5.32 Å². The number of aromatic hydroxyl groups is 1. The molecule has 4 N–H and O–H groups in total. The molecule has 0 fully saturated rings. The summed E-state index contributed by atoms with van der Waals surface area (Å²) in [5.74, 6) is -2.62. The highest BCUT2D eigenvalue weighted by molar-refractivity contribution is 6.31. The van der Waals surface area contributed by atoms with Crippen LogP contribution in [0.2, 0.25) is 0 Å². The molecule has 0 radical (unpaired) electrons. The minimum absolute atomic E-state index is 0.115. The molecule has 1 atom stereocenters. The van der Waals surface area contributed by atoms with E-state index in [2.05, 4.69) is 5.32 Å². The molecule has 0 heterocycles. The number of benzene rings is 1. The molecule has 0 aliphatic heterocycles. The maximum atomic E-state index is 10.9. The van der Waals surface area contributed by atoms with Gasteiger partial charge in [0.15, 0.2) is 0 Å². The van der Waals surface area contributed by atoms with Gasteiger partial charge in [0, 0.05) is 0 Å². The van der Waals surface area contributed by atoms with Gasteiger partial charge in [0.25, 0.3) is 0 Å². The molecule has 0 saturated heterocycles. The van der Waals surface area contributed by atoms with E-state index in [0.29, 0.717) is 0 Å². The molecule has 6 heteroatoms. The minimum Gasteiger partial charge on any atom is -0.508 e. The van der Waals surface area contributed by atoms with E-state index in [1.54, 1.807) is 12.1 Å². The molecule has 0 spiro atoms. The summed E-state index contributed by atoms with van der Waals surface area (Å²) in [6, 6.07) is 5.55. The SMILES string of the molecule is O=C(O)C(=O)N[C@H](CO)Cc1ccc(O)cc1. The number of amides is 1. The van der Waals surface area contributed by atoms with Crippen molar-refractivity contribution in [3.8, 4) is 5.75 Å². The van der Waals surface area contributed by atoms with Crippen molar-refractivity contribution in [1.82, 2.24) is 5.32 Å². The number of carboxylic acids is 1. The Morgan fingerprint density at radius 3 is 2.29 bits per heavy atom. The predicted octanol–water partition coefficient (Wildman–Crippen LogP) is -0.504. The summed E-state index contributed by atoms with van der Waals surface area (Å²) >= 11 is 0. The predicted molar refractivity (Wildman–Crippen MR) is 58.5 cm³/mol. The first-order valence-electron chi connectivity index (χ1n) is 4.95. The Balaban J connectivity index is 2.60. The molecule has 1 rings (SSSR count). The molecule has 1 aromatic carbocycles. The molecule has 92 valence electrons. The van der Waals surface area contributed by atoms with Gasteiger partial charge in [-0.15, -0.1) is 0 Å². The summed E-state index contributed by atoms with van der Waals surface area (Å²) < 4.78 is 0. The fourth-order valence-corrected chi connectivity index (χ4v) is 1.32. The second-order valence-corrected chi connectivity index (χ2v) is 3.53. The number of carboxylic acid groups (broad SMARTS) is 1. The van der Waals surface area contributed by atoms with Crippen LogP contribution in [0.25, 0.3) is 0 Å². The molecule has 0 aromatic heterocycles. The Morgan fingerprint density at radius 1 is 1.24 bits per heavy atom. The van der Waals surface area contributed by atoms with Crippen LogP contribution in [0.3, 0.4) is 0 Å². The third-order valence-corrected chi connectivity index (χ3v) is 2.17. The maximum absolute atomic E-state index is 10.9. The number of hydrogen-bond donors (Lipinski definition) is 4. The fourth-order valence-electron chi connectivity index (χ4n) is 1.32. The smallest absolute Gasteiger partial charge is 0.394 e. The Bertz CT molecular complexity index is 401. The second kappa shape index (κ2) is 5.86. The Kier molecular flexibility index (Phi) is 4.47. The highest BCUT2D eigenvalue weighted by Crippen LogP contribution is 2.11. The topological polar surface area (TPSA) is 107 Å². The van der Waals surface area contributed by atoms with Gasteiger partial charge < -0.3 is 20.6 Å². The number of aliphatic carboxylic acids is 1. The van der Waals surface area contributed by atoms with Crippen LogP contribution in [0.5, 0.6) is 5.75 Å². The molecular weight excluding hydrogens is 226 g/mol. The maximum Gasteiger partial charge on any atom is 0.394 e. The van der Waals surface area contributed by atoms with E-state index in [-0.39, 0.29) is 18.8 Å². The Labute approximate surface area is 97.5 Å². The lowest BCUT2D eigenvalue weighted by Crippen LogP contribution is -2.42. The van der Waals surface area contributed by atoms with Crippen LogP contribution in [0.15, 0.2) is 24.3 Å². The lowest BCUT2D eigenvalue weighted by molar-refractivity contribution is -0.150. The quantitative estimate of drug-likeness (QED) is 0.530. The second-order valence-electron chi connectivity index (χ2n) is 3.53. The largest absolute Gasteiger partial charge is 0.508 e. The van der Waals surface area contributed by atoms with E-state index in [1.807, 2.05) is 0 Å². The Morgan fingerprint density at radius 2 is 1.82 bits per heavy atom. The van der Waals surface area contributed by atoms with Gasteiger partial charge in [-0.25, -0.2) is 4.79 Å². The lowest BCUT2D eigenvalue weighted by Gasteiger charge is -2.14. The number of phenolic OH excluding ortho intramolecular Hbond substituents is 1. The number of nitrogens with one attached hydrogen (secondary N) is 1. The fraction of sp³-hybridized carbons (Fsp3) is 0.273. The third kappa shape index (κ3) is 4.12. The first kappa shape index (κ1) is 13.0. The summed E-state index contributed by atoms with van der Waals surface area (Å²) in [6.45, 7) is -0.361. The van der Waals surface area contributed by atoms with E-state index < -0.39 is 17.9 Å². The van der Waals surface area contributed by atoms with Gasteiger partial charge in [0.05, 0.1) is 12.6 Å². The molecule has 1 aromatic rings. The monoisotopic (exact) mass is 239 g/mol. The van der Waals surface area contributed by atoms with Crippen molar-refractivity contribution in [3.05, 3.63) is 29.8 Å². The molecular formula is C11H13NO5. The van der Waals surface area contributed by atoms with Crippen LogP contribution in [0.1, 0.15) is 5.56 Å². The van der Waals surface area contributed by atoms with Gasteiger partial charge in [-0.1, -0.05) is 12.1 Å². The van der Waals surface area contributed by atoms with Crippen molar-refractivity contribution in [2.45, 2.75) is 12.5 Å². The van der Waals surface area contributed by atoms with Crippen molar-refractivity contribution >= 4 is 11.9 Å². The zero-order valence-electron chi connectivity index (χ0n) is 8.96. The van der Waals surface area contributed by atoms with Gasteiger partial charge in [-0.05, 0) is 24.1 Å². The number of aliphatic hydroxyl groups is 1. The van der Waals surface area contributed by atoms with Crippen molar-refractivity contribution in [2.75, 3.05) is 6.61 Å². The molecule has 0 bridgehead atoms. The third-order valence-electron chi connectivity index (χ3n) is 2.17. The summed E-state index contributed by atoms with van der Waals surface area (Å²) in [7, 11) is 0. The van der Waals surface area contributed by atoms with Gasteiger partial charge in [0.1, 0.15) is 5.75 Å². The normalized spacial score (nSPS) is 11.8. The van der Waals surface area contributed by atoms with Crippen molar-refractivity contribution < 1.29 is 24.9 Å². The number of phenols is 1. The summed E-state index contributed by atoms with van der Waals surface area (Å²) in [4.78, 5) is 21.2. The molecule has 0 aliphatic rings. The van der Waals surface area contributed by atoms with Gasteiger partial charge in [0.2, 0.25) is 0 Å².